The van der Waals surface area contributed by atoms with Crippen LogP contribution in [0.4, 0.5) is 0 Å². The molecule has 3 atom stereocenters. The molecule has 0 aromatic carbocycles. The number of rotatable bonds is 6. The Labute approximate surface area is 98.9 Å². The van der Waals surface area contributed by atoms with Gasteiger partial charge >= 0.3 is 0 Å². The second-order valence-corrected chi connectivity index (χ2v) is 5.54. The van der Waals surface area contributed by atoms with Crippen molar-refractivity contribution in [2.45, 2.75) is 51.3 Å². The largest absolute Gasteiger partial charge is 0.383 e. The van der Waals surface area contributed by atoms with Gasteiger partial charge in [-0.15, -0.1) is 0 Å². The fourth-order valence-corrected chi connectivity index (χ4v) is 2.57. The Bertz CT molecular complexity index is 216. The smallest absolute Gasteiger partial charge is 0.0757 e. The zero-order valence-electron chi connectivity index (χ0n) is 10.7. The molecule has 0 radical (unpaired) electrons. The van der Waals surface area contributed by atoms with Crippen LogP contribution in [0.15, 0.2) is 0 Å². The number of methoxy groups -OCH3 is 1. The highest BCUT2D eigenvalue weighted by Gasteiger charge is 2.41. The van der Waals surface area contributed by atoms with Crippen LogP contribution < -0.4 is 5.32 Å². The average molecular weight is 227 g/mol. The van der Waals surface area contributed by atoms with Crippen LogP contribution in [0.5, 0.6) is 0 Å². The summed E-state index contributed by atoms with van der Waals surface area (Å²) in [6.07, 6.45) is 4.35. The molecule has 1 aliphatic carbocycles. The Morgan fingerprint density at radius 1 is 1.31 bits per heavy atom. The predicted octanol–water partition coefficient (Wildman–Crippen LogP) is 1.81. The third-order valence-corrected chi connectivity index (χ3v) is 3.80. The normalized spacial score (nSPS) is 32.2. The number of nitrogens with one attached hydrogen (secondary N) is 1. The van der Waals surface area contributed by atoms with Gasteiger partial charge in [0.1, 0.15) is 0 Å². The molecule has 0 aromatic rings. The van der Waals surface area contributed by atoms with Gasteiger partial charge in [0.05, 0.1) is 12.7 Å². The van der Waals surface area contributed by atoms with Gasteiger partial charge in [-0.25, -0.2) is 0 Å². The summed E-state index contributed by atoms with van der Waals surface area (Å²) in [5, 5.41) is 3.74. The van der Waals surface area contributed by atoms with Gasteiger partial charge in [-0.05, 0) is 31.1 Å². The topological polar surface area (TPSA) is 30.5 Å². The molecule has 94 valence electrons. The van der Waals surface area contributed by atoms with Crippen LogP contribution in [-0.4, -0.2) is 38.5 Å². The summed E-state index contributed by atoms with van der Waals surface area (Å²) in [5.74, 6) is 1.44. The third kappa shape index (κ3) is 2.96. The maximum atomic E-state index is 5.84. The number of ether oxygens (including phenoxy) is 2. The molecule has 3 heteroatoms. The SMILES string of the molecule is COCC(NC1CCOC1C1CC1)C(C)C. The van der Waals surface area contributed by atoms with Crippen LogP contribution >= 0.6 is 0 Å². The molecule has 16 heavy (non-hydrogen) atoms. The number of hydrogen-bond donors (Lipinski definition) is 1. The zero-order valence-corrected chi connectivity index (χ0v) is 10.7. The van der Waals surface area contributed by atoms with Crippen molar-refractivity contribution in [3.8, 4) is 0 Å². The van der Waals surface area contributed by atoms with Gasteiger partial charge in [-0.3, -0.25) is 0 Å². The first-order chi connectivity index (χ1) is 7.72. The Balaban J connectivity index is 1.85. The lowest BCUT2D eigenvalue weighted by atomic mass is 10.0. The summed E-state index contributed by atoms with van der Waals surface area (Å²) in [4.78, 5) is 0. The first kappa shape index (κ1) is 12.3. The molecule has 0 bridgehead atoms. The first-order valence-corrected chi connectivity index (χ1v) is 6.59. The molecule has 1 saturated heterocycles. The molecule has 2 rings (SSSR count). The van der Waals surface area contributed by atoms with Crippen molar-refractivity contribution in [2.24, 2.45) is 11.8 Å². The van der Waals surface area contributed by atoms with E-state index in [-0.39, 0.29) is 0 Å². The minimum atomic E-state index is 0.456. The third-order valence-electron chi connectivity index (χ3n) is 3.80. The Morgan fingerprint density at radius 2 is 2.06 bits per heavy atom. The second-order valence-electron chi connectivity index (χ2n) is 5.54. The summed E-state index contributed by atoms with van der Waals surface area (Å²) in [6.45, 7) is 6.22. The van der Waals surface area contributed by atoms with Gasteiger partial charge in [0, 0.05) is 25.8 Å². The Kier molecular flexibility index (Phi) is 4.22. The molecule has 3 unspecified atom stereocenters. The van der Waals surface area contributed by atoms with Crippen molar-refractivity contribution in [3.63, 3.8) is 0 Å². The Morgan fingerprint density at radius 3 is 2.62 bits per heavy atom. The number of hydrogen-bond acceptors (Lipinski definition) is 3. The summed E-state index contributed by atoms with van der Waals surface area (Å²) in [7, 11) is 1.78. The standard InChI is InChI=1S/C13H25NO2/c1-9(2)12(8-15-3)14-11-6-7-16-13(11)10-4-5-10/h9-14H,4-8H2,1-3H3. The fourth-order valence-electron chi connectivity index (χ4n) is 2.57. The maximum Gasteiger partial charge on any atom is 0.0757 e. The van der Waals surface area contributed by atoms with E-state index in [1.807, 2.05) is 0 Å². The molecule has 1 saturated carbocycles. The van der Waals surface area contributed by atoms with Crippen LogP contribution in [0, 0.1) is 11.8 Å². The molecule has 2 aliphatic rings. The summed E-state index contributed by atoms with van der Waals surface area (Å²) >= 11 is 0. The van der Waals surface area contributed by atoms with E-state index in [0.717, 1.165) is 25.6 Å². The molecular weight excluding hydrogens is 202 g/mol. The second kappa shape index (κ2) is 5.48. The molecule has 1 N–H and O–H groups in total. The van der Waals surface area contributed by atoms with E-state index < -0.39 is 0 Å². The lowest BCUT2D eigenvalue weighted by molar-refractivity contribution is 0.0703. The zero-order chi connectivity index (χ0) is 11.5. The molecule has 1 aliphatic heterocycles. The van der Waals surface area contributed by atoms with Crippen molar-refractivity contribution >= 4 is 0 Å². The van der Waals surface area contributed by atoms with E-state index in [1.165, 1.54) is 12.8 Å². The van der Waals surface area contributed by atoms with Gasteiger partial charge < -0.3 is 14.8 Å². The van der Waals surface area contributed by atoms with Crippen LogP contribution in [0.2, 0.25) is 0 Å². The van der Waals surface area contributed by atoms with Crippen molar-refractivity contribution in [3.05, 3.63) is 0 Å². The van der Waals surface area contributed by atoms with E-state index >= 15 is 0 Å². The van der Waals surface area contributed by atoms with Crippen LogP contribution in [0.1, 0.15) is 33.1 Å². The predicted molar refractivity (Wildman–Crippen MR) is 64.5 cm³/mol. The molecular formula is C13H25NO2. The maximum absolute atomic E-state index is 5.84. The van der Waals surface area contributed by atoms with E-state index in [0.29, 0.717) is 24.1 Å². The summed E-state index contributed by atoms with van der Waals surface area (Å²) in [5.41, 5.74) is 0. The van der Waals surface area contributed by atoms with Crippen LogP contribution in [0.25, 0.3) is 0 Å². The Hall–Kier alpha value is -0.120. The van der Waals surface area contributed by atoms with Crippen molar-refractivity contribution < 1.29 is 9.47 Å². The quantitative estimate of drug-likeness (QED) is 0.751. The van der Waals surface area contributed by atoms with Crippen molar-refractivity contribution in [1.82, 2.24) is 5.32 Å². The van der Waals surface area contributed by atoms with Gasteiger partial charge in [-0.2, -0.15) is 0 Å². The summed E-state index contributed by atoms with van der Waals surface area (Å²) in [6, 6.07) is 1.01. The van der Waals surface area contributed by atoms with Crippen LogP contribution in [-0.2, 0) is 9.47 Å². The monoisotopic (exact) mass is 227 g/mol. The van der Waals surface area contributed by atoms with E-state index in [9.17, 15) is 0 Å². The lowest BCUT2D eigenvalue weighted by Crippen LogP contribution is -2.48. The molecule has 3 nitrogen and oxygen atoms in total. The molecule has 0 spiro atoms. The fraction of sp³-hybridized carbons (Fsp3) is 1.00. The molecule has 1 heterocycles. The molecule has 0 amide bonds. The van der Waals surface area contributed by atoms with Gasteiger partial charge in [0.25, 0.3) is 0 Å². The average Bonchev–Trinajstić information content (AvgIpc) is 2.99. The summed E-state index contributed by atoms with van der Waals surface area (Å²) < 4.78 is 11.1. The van der Waals surface area contributed by atoms with E-state index in [1.54, 1.807) is 7.11 Å². The highest BCUT2D eigenvalue weighted by molar-refractivity contribution is 4.95. The highest BCUT2D eigenvalue weighted by Crippen LogP contribution is 2.38. The van der Waals surface area contributed by atoms with E-state index in [4.69, 9.17) is 9.47 Å². The first-order valence-electron chi connectivity index (χ1n) is 6.59. The van der Waals surface area contributed by atoms with E-state index in [2.05, 4.69) is 19.2 Å². The highest BCUT2D eigenvalue weighted by atomic mass is 16.5. The molecule has 0 aromatic heterocycles. The van der Waals surface area contributed by atoms with Crippen molar-refractivity contribution in [1.29, 1.82) is 0 Å². The minimum Gasteiger partial charge on any atom is -0.383 e. The van der Waals surface area contributed by atoms with Crippen LogP contribution in [0.3, 0.4) is 0 Å². The van der Waals surface area contributed by atoms with Gasteiger partial charge in [0.2, 0.25) is 0 Å². The van der Waals surface area contributed by atoms with Gasteiger partial charge in [-0.1, -0.05) is 13.8 Å². The molecule has 2 fully saturated rings. The lowest BCUT2D eigenvalue weighted by Gasteiger charge is -2.28. The van der Waals surface area contributed by atoms with Crippen molar-refractivity contribution in [2.75, 3.05) is 20.3 Å². The minimum absolute atomic E-state index is 0.456. The van der Waals surface area contributed by atoms with Gasteiger partial charge in [0.15, 0.2) is 0 Å².